The van der Waals surface area contributed by atoms with Crippen LogP contribution in [-0.2, 0) is 13.5 Å². The van der Waals surface area contributed by atoms with E-state index in [9.17, 15) is 4.39 Å². The summed E-state index contributed by atoms with van der Waals surface area (Å²) >= 11 is 6.01. The monoisotopic (exact) mass is 268 g/mol. The highest BCUT2D eigenvalue weighted by molar-refractivity contribution is 6.31. The first kappa shape index (κ1) is 13.0. The first-order valence-corrected chi connectivity index (χ1v) is 5.96. The van der Waals surface area contributed by atoms with Crippen LogP contribution in [0.5, 0.6) is 0 Å². The number of aromatic nitrogens is 3. The standard InChI is InChI=1S/C12H14ClFN4/c1-15-11(12-7-16-18(2)17-12)6-8-9(13)4-3-5-10(8)14/h3-5,7,11,15H,6H2,1-2H3. The molecule has 6 heteroatoms. The van der Waals surface area contributed by atoms with Gasteiger partial charge in [0.25, 0.3) is 0 Å². The lowest BCUT2D eigenvalue weighted by atomic mass is 10.0. The Kier molecular flexibility index (Phi) is 3.93. The van der Waals surface area contributed by atoms with Crippen molar-refractivity contribution in [2.24, 2.45) is 7.05 Å². The van der Waals surface area contributed by atoms with Crippen LogP contribution in [-0.4, -0.2) is 22.0 Å². The highest BCUT2D eigenvalue weighted by Gasteiger charge is 2.17. The Labute approximate surface area is 110 Å². The number of nitrogens with zero attached hydrogens (tertiary/aromatic N) is 3. The number of rotatable bonds is 4. The molecule has 2 rings (SSSR count). The smallest absolute Gasteiger partial charge is 0.127 e. The molecule has 0 saturated carbocycles. The maximum atomic E-state index is 13.7. The Morgan fingerprint density at radius 2 is 2.28 bits per heavy atom. The minimum Gasteiger partial charge on any atom is -0.311 e. The Hall–Kier alpha value is -1.46. The fourth-order valence-electron chi connectivity index (χ4n) is 1.81. The molecule has 2 aromatic rings. The van der Waals surface area contributed by atoms with Gasteiger partial charge in [0, 0.05) is 17.6 Å². The zero-order valence-electron chi connectivity index (χ0n) is 10.2. The molecule has 0 radical (unpaired) electrons. The van der Waals surface area contributed by atoms with E-state index in [0.29, 0.717) is 17.0 Å². The van der Waals surface area contributed by atoms with Crippen molar-refractivity contribution in [2.45, 2.75) is 12.5 Å². The van der Waals surface area contributed by atoms with Crippen molar-refractivity contribution in [2.75, 3.05) is 7.05 Å². The molecule has 18 heavy (non-hydrogen) atoms. The van der Waals surface area contributed by atoms with Crippen molar-refractivity contribution in [3.63, 3.8) is 0 Å². The van der Waals surface area contributed by atoms with Crippen LogP contribution in [0.4, 0.5) is 4.39 Å². The number of benzene rings is 1. The van der Waals surface area contributed by atoms with Crippen LogP contribution in [0, 0.1) is 5.82 Å². The molecule has 0 amide bonds. The van der Waals surface area contributed by atoms with E-state index >= 15 is 0 Å². The molecule has 1 aromatic heterocycles. The van der Waals surface area contributed by atoms with E-state index in [-0.39, 0.29) is 11.9 Å². The first-order chi connectivity index (χ1) is 8.61. The normalized spacial score (nSPS) is 12.7. The lowest BCUT2D eigenvalue weighted by Gasteiger charge is -2.14. The van der Waals surface area contributed by atoms with Crippen molar-refractivity contribution in [3.05, 3.63) is 46.5 Å². The lowest BCUT2D eigenvalue weighted by molar-refractivity contribution is 0.534. The molecule has 1 heterocycles. The molecule has 0 aliphatic rings. The van der Waals surface area contributed by atoms with Crippen LogP contribution >= 0.6 is 11.6 Å². The largest absolute Gasteiger partial charge is 0.311 e. The predicted octanol–water partition coefficient (Wildman–Crippen LogP) is 2.11. The maximum Gasteiger partial charge on any atom is 0.127 e. The zero-order chi connectivity index (χ0) is 13.1. The fraction of sp³-hybridized carbons (Fsp3) is 0.333. The van der Waals surface area contributed by atoms with Gasteiger partial charge in [-0.1, -0.05) is 17.7 Å². The molecular formula is C12H14ClFN4. The molecule has 96 valence electrons. The van der Waals surface area contributed by atoms with E-state index in [1.54, 1.807) is 32.4 Å². The molecule has 1 atom stereocenters. The summed E-state index contributed by atoms with van der Waals surface area (Å²) in [6.45, 7) is 0. The minimum atomic E-state index is -0.299. The number of hydrogen-bond donors (Lipinski definition) is 1. The van der Waals surface area contributed by atoms with Crippen molar-refractivity contribution in [1.29, 1.82) is 0 Å². The van der Waals surface area contributed by atoms with Crippen LogP contribution in [0.2, 0.25) is 5.02 Å². The molecule has 0 fully saturated rings. The van der Waals surface area contributed by atoms with Crippen LogP contribution in [0.1, 0.15) is 17.3 Å². The molecule has 1 unspecified atom stereocenters. The van der Waals surface area contributed by atoms with Crippen molar-refractivity contribution < 1.29 is 4.39 Å². The topological polar surface area (TPSA) is 42.7 Å². The number of aryl methyl sites for hydroxylation is 1. The summed E-state index contributed by atoms with van der Waals surface area (Å²) in [5.74, 6) is -0.299. The number of nitrogens with one attached hydrogen (secondary N) is 1. The van der Waals surface area contributed by atoms with Gasteiger partial charge in [-0.2, -0.15) is 15.0 Å². The lowest BCUT2D eigenvalue weighted by Crippen LogP contribution is -2.20. The highest BCUT2D eigenvalue weighted by atomic mass is 35.5. The van der Waals surface area contributed by atoms with Crippen molar-refractivity contribution in [1.82, 2.24) is 20.3 Å². The Morgan fingerprint density at radius 1 is 1.50 bits per heavy atom. The third-order valence-electron chi connectivity index (χ3n) is 2.79. The molecule has 0 aliphatic carbocycles. The predicted molar refractivity (Wildman–Crippen MR) is 67.9 cm³/mol. The van der Waals surface area contributed by atoms with Gasteiger partial charge in [0.05, 0.1) is 17.9 Å². The number of hydrogen-bond acceptors (Lipinski definition) is 3. The van der Waals surface area contributed by atoms with Gasteiger partial charge in [0.2, 0.25) is 0 Å². The molecule has 1 N–H and O–H groups in total. The summed E-state index contributed by atoms with van der Waals surface area (Å²) in [5.41, 5.74) is 1.25. The van der Waals surface area contributed by atoms with Crippen LogP contribution in [0.15, 0.2) is 24.4 Å². The summed E-state index contributed by atoms with van der Waals surface area (Å²) in [5, 5.41) is 11.7. The third kappa shape index (κ3) is 2.68. The number of halogens is 2. The van der Waals surface area contributed by atoms with Gasteiger partial charge in [-0.25, -0.2) is 4.39 Å². The second kappa shape index (κ2) is 5.46. The summed E-state index contributed by atoms with van der Waals surface area (Å²) in [4.78, 5) is 1.47. The van der Waals surface area contributed by atoms with E-state index in [1.165, 1.54) is 10.9 Å². The van der Waals surface area contributed by atoms with Crippen LogP contribution in [0.25, 0.3) is 0 Å². The quantitative estimate of drug-likeness (QED) is 0.924. The van der Waals surface area contributed by atoms with Gasteiger partial charge in [0.15, 0.2) is 0 Å². The second-order valence-electron chi connectivity index (χ2n) is 4.00. The van der Waals surface area contributed by atoms with Crippen LogP contribution in [0.3, 0.4) is 0 Å². The minimum absolute atomic E-state index is 0.118. The number of likely N-dealkylation sites (N-methyl/N-ethyl adjacent to an activating group) is 1. The Bertz CT molecular complexity index is 520. The van der Waals surface area contributed by atoms with Crippen LogP contribution < -0.4 is 5.32 Å². The van der Waals surface area contributed by atoms with E-state index in [2.05, 4.69) is 15.5 Å². The van der Waals surface area contributed by atoms with Gasteiger partial charge in [-0.15, -0.1) is 0 Å². The summed E-state index contributed by atoms with van der Waals surface area (Å²) in [7, 11) is 3.54. The average molecular weight is 269 g/mol. The summed E-state index contributed by atoms with van der Waals surface area (Å²) in [6.07, 6.45) is 2.09. The van der Waals surface area contributed by atoms with E-state index in [4.69, 9.17) is 11.6 Å². The first-order valence-electron chi connectivity index (χ1n) is 5.58. The second-order valence-corrected chi connectivity index (χ2v) is 4.41. The molecule has 1 aromatic carbocycles. The summed E-state index contributed by atoms with van der Waals surface area (Å²) in [6, 6.07) is 4.57. The van der Waals surface area contributed by atoms with Crippen molar-refractivity contribution >= 4 is 11.6 Å². The fourth-order valence-corrected chi connectivity index (χ4v) is 2.05. The summed E-state index contributed by atoms with van der Waals surface area (Å²) < 4.78 is 13.7. The van der Waals surface area contributed by atoms with E-state index < -0.39 is 0 Å². The molecule has 0 aliphatic heterocycles. The average Bonchev–Trinajstić information content (AvgIpc) is 2.76. The van der Waals surface area contributed by atoms with E-state index in [0.717, 1.165) is 5.69 Å². The van der Waals surface area contributed by atoms with Gasteiger partial charge >= 0.3 is 0 Å². The molecular weight excluding hydrogens is 255 g/mol. The van der Waals surface area contributed by atoms with Crippen molar-refractivity contribution in [3.8, 4) is 0 Å². The SMILES string of the molecule is CNC(Cc1c(F)cccc1Cl)c1cnn(C)n1. The Balaban J connectivity index is 2.26. The molecule has 4 nitrogen and oxygen atoms in total. The molecule has 0 bridgehead atoms. The van der Waals surface area contributed by atoms with Gasteiger partial charge in [-0.3, -0.25) is 0 Å². The zero-order valence-corrected chi connectivity index (χ0v) is 10.9. The third-order valence-corrected chi connectivity index (χ3v) is 3.15. The highest BCUT2D eigenvalue weighted by Crippen LogP contribution is 2.24. The Morgan fingerprint density at radius 3 is 2.83 bits per heavy atom. The van der Waals surface area contributed by atoms with E-state index in [1.807, 2.05) is 0 Å². The molecule has 0 spiro atoms. The van der Waals surface area contributed by atoms with Gasteiger partial charge in [-0.05, 0) is 25.6 Å². The van der Waals surface area contributed by atoms with Gasteiger partial charge in [0.1, 0.15) is 5.82 Å². The maximum absolute atomic E-state index is 13.7. The molecule has 0 saturated heterocycles. The van der Waals surface area contributed by atoms with Gasteiger partial charge < -0.3 is 5.32 Å².